The van der Waals surface area contributed by atoms with Crippen molar-refractivity contribution in [2.24, 2.45) is 17.6 Å². The molecule has 0 bridgehead atoms. The van der Waals surface area contributed by atoms with Crippen LogP contribution in [0.2, 0.25) is 0 Å². The van der Waals surface area contributed by atoms with Gasteiger partial charge in [-0.15, -0.1) is 0 Å². The number of hydrogen-bond acceptors (Lipinski definition) is 5. The predicted octanol–water partition coefficient (Wildman–Crippen LogP) is 1.60. The highest BCUT2D eigenvalue weighted by Crippen LogP contribution is 2.17. The molecule has 1 fully saturated rings. The van der Waals surface area contributed by atoms with Crippen LogP contribution in [0.1, 0.15) is 37.0 Å². The second kappa shape index (κ2) is 9.22. The van der Waals surface area contributed by atoms with Gasteiger partial charge in [-0.05, 0) is 43.0 Å². The highest BCUT2D eigenvalue weighted by Gasteiger charge is 2.26. The Bertz CT molecular complexity index is 634. The summed E-state index contributed by atoms with van der Waals surface area (Å²) in [6.07, 6.45) is 1.10. The fourth-order valence-electron chi connectivity index (χ4n) is 2.67. The van der Waals surface area contributed by atoms with E-state index in [0.717, 1.165) is 0 Å². The third-order valence-corrected chi connectivity index (χ3v) is 4.25. The van der Waals surface area contributed by atoms with Gasteiger partial charge in [0.05, 0.1) is 12.2 Å². The Hall–Kier alpha value is -2.57. The Morgan fingerprint density at radius 2 is 1.77 bits per heavy atom. The van der Waals surface area contributed by atoms with E-state index in [2.05, 4.69) is 13.8 Å². The van der Waals surface area contributed by atoms with Crippen LogP contribution in [0, 0.1) is 11.8 Å². The van der Waals surface area contributed by atoms with Crippen LogP contribution in [0.3, 0.4) is 0 Å². The molecule has 1 saturated heterocycles. The predicted molar refractivity (Wildman–Crippen MR) is 95.6 cm³/mol. The number of nitrogens with zero attached hydrogens (tertiary/aromatic N) is 1. The quantitative estimate of drug-likeness (QED) is 0.743. The standard InChI is InChI=1S/C19H26N2O5/c1-13(2)11-25-16-5-3-15(4-6-16)19(24)26-12-17(22)21-9-7-14(8-10-21)18(20)23/h3-6,13-14H,7-12H2,1-2H3,(H2,20,23). The van der Waals surface area contributed by atoms with Crippen molar-refractivity contribution < 1.29 is 23.9 Å². The van der Waals surface area contributed by atoms with Gasteiger partial charge in [0.2, 0.25) is 5.91 Å². The van der Waals surface area contributed by atoms with Gasteiger partial charge in [-0.1, -0.05) is 13.8 Å². The molecule has 0 aliphatic carbocycles. The number of hydrogen-bond donors (Lipinski definition) is 1. The monoisotopic (exact) mass is 362 g/mol. The SMILES string of the molecule is CC(C)COc1ccc(C(=O)OCC(=O)N2CCC(C(N)=O)CC2)cc1. The molecule has 2 N–H and O–H groups in total. The van der Waals surface area contributed by atoms with Crippen LogP contribution in [-0.2, 0) is 14.3 Å². The lowest BCUT2D eigenvalue weighted by molar-refractivity contribution is -0.137. The van der Waals surface area contributed by atoms with E-state index in [1.807, 2.05) is 0 Å². The summed E-state index contributed by atoms with van der Waals surface area (Å²) in [5.41, 5.74) is 5.64. The van der Waals surface area contributed by atoms with Crippen molar-refractivity contribution in [3.8, 4) is 5.75 Å². The van der Waals surface area contributed by atoms with E-state index in [1.165, 1.54) is 0 Å². The normalized spacial score (nSPS) is 15.0. The topological polar surface area (TPSA) is 98.9 Å². The molecule has 7 heteroatoms. The minimum Gasteiger partial charge on any atom is -0.493 e. The Kier molecular flexibility index (Phi) is 7.00. The second-order valence-electron chi connectivity index (χ2n) is 6.86. The Morgan fingerprint density at radius 1 is 1.15 bits per heavy atom. The van der Waals surface area contributed by atoms with Crippen molar-refractivity contribution in [1.82, 2.24) is 4.90 Å². The molecule has 0 unspecified atom stereocenters. The Labute approximate surface area is 153 Å². The highest BCUT2D eigenvalue weighted by atomic mass is 16.5. The summed E-state index contributed by atoms with van der Waals surface area (Å²) in [6.45, 7) is 5.30. The molecule has 2 amide bonds. The number of ether oxygens (including phenoxy) is 2. The third kappa shape index (κ3) is 5.75. The third-order valence-electron chi connectivity index (χ3n) is 4.25. The molecule has 142 valence electrons. The number of carbonyl (C=O) groups excluding carboxylic acids is 3. The van der Waals surface area contributed by atoms with Gasteiger partial charge in [-0.2, -0.15) is 0 Å². The smallest absolute Gasteiger partial charge is 0.338 e. The first kappa shape index (κ1) is 19.8. The van der Waals surface area contributed by atoms with Crippen molar-refractivity contribution in [3.05, 3.63) is 29.8 Å². The maximum Gasteiger partial charge on any atom is 0.338 e. The van der Waals surface area contributed by atoms with Crippen LogP contribution >= 0.6 is 0 Å². The van der Waals surface area contributed by atoms with Crippen LogP contribution in [0.5, 0.6) is 5.75 Å². The molecule has 0 atom stereocenters. The number of benzene rings is 1. The summed E-state index contributed by atoms with van der Waals surface area (Å²) < 4.78 is 10.7. The van der Waals surface area contributed by atoms with E-state index in [0.29, 0.717) is 49.8 Å². The summed E-state index contributed by atoms with van der Waals surface area (Å²) in [7, 11) is 0. The average Bonchev–Trinajstić information content (AvgIpc) is 2.64. The van der Waals surface area contributed by atoms with Gasteiger partial charge in [0.1, 0.15) is 5.75 Å². The van der Waals surface area contributed by atoms with Crippen molar-refractivity contribution in [3.63, 3.8) is 0 Å². The Balaban J connectivity index is 1.77. The Morgan fingerprint density at radius 3 is 2.31 bits per heavy atom. The van der Waals surface area contributed by atoms with Crippen LogP contribution in [0.15, 0.2) is 24.3 Å². The lowest BCUT2D eigenvalue weighted by Crippen LogP contribution is -2.43. The molecule has 2 rings (SSSR count). The highest BCUT2D eigenvalue weighted by molar-refractivity contribution is 5.91. The van der Waals surface area contributed by atoms with E-state index in [4.69, 9.17) is 15.2 Å². The summed E-state index contributed by atoms with van der Waals surface area (Å²) in [4.78, 5) is 36.9. The van der Waals surface area contributed by atoms with E-state index in [9.17, 15) is 14.4 Å². The zero-order chi connectivity index (χ0) is 19.1. The number of piperidine rings is 1. The number of likely N-dealkylation sites (tertiary alicyclic amines) is 1. The van der Waals surface area contributed by atoms with E-state index in [1.54, 1.807) is 29.2 Å². The molecule has 7 nitrogen and oxygen atoms in total. The van der Waals surface area contributed by atoms with Crippen LogP contribution in [-0.4, -0.2) is 49.0 Å². The molecule has 1 aliphatic heterocycles. The molecule has 1 aliphatic rings. The van der Waals surface area contributed by atoms with E-state index in [-0.39, 0.29) is 24.3 Å². The number of rotatable bonds is 7. The fraction of sp³-hybridized carbons (Fsp3) is 0.526. The average molecular weight is 362 g/mol. The van der Waals surface area contributed by atoms with Gasteiger partial charge in [0.15, 0.2) is 6.61 Å². The molecule has 26 heavy (non-hydrogen) atoms. The zero-order valence-electron chi connectivity index (χ0n) is 15.3. The van der Waals surface area contributed by atoms with Crippen molar-refractivity contribution in [2.75, 3.05) is 26.3 Å². The van der Waals surface area contributed by atoms with Gasteiger partial charge in [0, 0.05) is 19.0 Å². The van der Waals surface area contributed by atoms with Gasteiger partial charge >= 0.3 is 5.97 Å². The number of nitrogens with two attached hydrogens (primary N) is 1. The maximum absolute atomic E-state index is 12.1. The number of carbonyl (C=O) groups is 3. The first-order valence-electron chi connectivity index (χ1n) is 8.84. The second-order valence-corrected chi connectivity index (χ2v) is 6.86. The molecule has 1 aromatic rings. The van der Waals surface area contributed by atoms with E-state index < -0.39 is 5.97 Å². The zero-order valence-corrected chi connectivity index (χ0v) is 15.3. The van der Waals surface area contributed by atoms with Crippen molar-refractivity contribution in [2.45, 2.75) is 26.7 Å². The van der Waals surface area contributed by atoms with Gasteiger partial charge in [-0.25, -0.2) is 4.79 Å². The molecular weight excluding hydrogens is 336 g/mol. The largest absolute Gasteiger partial charge is 0.493 e. The van der Waals surface area contributed by atoms with Crippen LogP contribution in [0.25, 0.3) is 0 Å². The number of primary amides is 1. The first-order chi connectivity index (χ1) is 12.4. The minimum atomic E-state index is -0.555. The van der Waals surface area contributed by atoms with Gasteiger partial charge in [-0.3, -0.25) is 9.59 Å². The summed E-state index contributed by atoms with van der Waals surface area (Å²) in [5.74, 6) is -0.233. The number of esters is 1. The lowest BCUT2D eigenvalue weighted by Gasteiger charge is -2.30. The summed E-state index contributed by atoms with van der Waals surface area (Å²) in [6, 6.07) is 6.63. The fourth-order valence-corrected chi connectivity index (χ4v) is 2.67. The molecule has 0 saturated carbocycles. The molecular formula is C19H26N2O5. The first-order valence-corrected chi connectivity index (χ1v) is 8.84. The molecule has 0 aromatic heterocycles. The summed E-state index contributed by atoms with van der Waals surface area (Å²) >= 11 is 0. The molecule has 1 heterocycles. The van der Waals surface area contributed by atoms with Crippen LogP contribution in [0.4, 0.5) is 0 Å². The molecule has 1 aromatic carbocycles. The van der Waals surface area contributed by atoms with Crippen LogP contribution < -0.4 is 10.5 Å². The number of amides is 2. The lowest BCUT2D eigenvalue weighted by atomic mass is 9.96. The van der Waals surface area contributed by atoms with Gasteiger partial charge in [0.25, 0.3) is 5.91 Å². The van der Waals surface area contributed by atoms with E-state index >= 15 is 0 Å². The maximum atomic E-state index is 12.1. The minimum absolute atomic E-state index is 0.182. The van der Waals surface area contributed by atoms with Crippen molar-refractivity contribution >= 4 is 17.8 Å². The van der Waals surface area contributed by atoms with Gasteiger partial charge < -0.3 is 20.1 Å². The molecule has 0 radical (unpaired) electrons. The summed E-state index contributed by atoms with van der Waals surface area (Å²) in [5, 5.41) is 0. The molecule has 0 spiro atoms. The van der Waals surface area contributed by atoms with Crippen molar-refractivity contribution in [1.29, 1.82) is 0 Å².